The van der Waals surface area contributed by atoms with Gasteiger partial charge in [0.15, 0.2) is 46.5 Å². The average molecular weight is 612 g/mol. The van der Waals surface area contributed by atoms with Crippen molar-refractivity contribution in [3.63, 3.8) is 0 Å². The van der Waals surface area contributed by atoms with Crippen LogP contribution in [0.15, 0.2) is 42.5 Å². The Morgan fingerprint density at radius 2 is 0.930 bits per heavy atom. The molecule has 6 nitrogen and oxygen atoms in total. The number of rotatable bonds is 5. The van der Waals surface area contributed by atoms with Crippen molar-refractivity contribution >= 4 is 34.2 Å². The highest BCUT2D eigenvalue weighted by Gasteiger charge is 2.31. The minimum absolute atomic E-state index is 0.0908. The van der Waals surface area contributed by atoms with Crippen LogP contribution < -0.4 is 10.6 Å². The predicted octanol–water partition coefficient (Wildman–Crippen LogP) is 7.13. The van der Waals surface area contributed by atoms with Crippen LogP contribution in [0.25, 0.3) is 22.4 Å². The molecule has 43 heavy (non-hydrogen) atoms. The molecule has 1 aromatic heterocycles. The first-order chi connectivity index (χ1) is 20.3. The van der Waals surface area contributed by atoms with Crippen LogP contribution in [0.4, 0.5) is 55.3 Å². The van der Waals surface area contributed by atoms with Crippen LogP contribution in [0.5, 0.6) is 0 Å². The van der Waals surface area contributed by atoms with Gasteiger partial charge in [0.05, 0.1) is 11.0 Å². The lowest BCUT2D eigenvalue weighted by atomic mass is 10.1. The number of benzene rings is 4. The van der Waals surface area contributed by atoms with Gasteiger partial charge in [-0.1, -0.05) is 0 Å². The zero-order valence-corrected chi connectivity index (χ0v) is 20.6. The SMILES string of the molecule is O=C(Nc1ccc(-c2nc3ccc(NC(=O)c4c(F)c(F)c(F)c(F)c4F)cc3[nH]2)cc1)c1c(F)c(F)c(F)c(F)c1F. The van der Waals surface area contributed by atoms with Crippen molar-refractivity contribution in [3.05, 3.63) is 112 Å². The maximum Gasteiger partial charge on any atom is 0.261 e. The largest absolute Gasteiger partial charge is 0.338 e. The molecular weight excluding hydrogens is 602 g/mol. The molecule has 0 spiro atoms. The first-order valence-electron chi connectivity index (χ1n) is 11.6. The van der Waals surface area contributed by atoms with Crippen LogP contribution >= 0.6 is 0 Å². The Balaban J connectivity index is 1.35. The van der Waals surface area contributed by atoms with Gasteiger partial charge in [0.25, 0.3) is 11.8 Å². The number of fused-ring (bicyclic) bond motifs is 1. The minimum Gasteiger partial charge on any atom is -0.338 e. The van der Waals surface area contributed by atoms with Gasteiger partial charge in [0.1, 0.15) is 17.0 Å². The standard InChI is InChI=1S/C27H10F10N4O2/c28-15-13(16(29)20(33)23(36)19(15)32)26(42)38-9-3-1-8(2-4-9)25-40-11-6-5-10(7-12(11)41-25)39-27(43)14-17(30)21(34)24(37)22(35)18(14)31/h1-7H,(H,38,42)(H,39,43)(H,40,41). The molecule has 16 heteroatoms. The molecule has 0 bridgehead atoms. The van der Waals surface area contributed by atoms with Crippen molar-refractivity contribution in [2.75, 3.05) is 10.6 Å². The van der Waals surface area contributed by atoms with Crippen molar-refractivity contribution in [1.29, 1.82) is 0 Å². The number of carbonyl (C=O) groups is 2. The summed E-state index contributed by atoms with van der Waals surface area (Å²) >= 11 is 0. The van der Waals surface area contributed by atoms with E-state index in [-0.39, 0.29) is 22.7 Å². The zero-order chi connectivity index (χ0) is 31.3. The van der Waals surface area contributed by atoms with Crippen molar-refractivity contribution < 1.29 is 53.5 Å². The molecule has 0 saturated carbocycles. The normalized spacial score (nSPS) is 11.2. The lowest BCUT2D eigenvalue weighted by molar-refractivity contribution is 0.100. The summed E-state index contributed by atoms with van der Waals surface area (Å²) in [4.78, 5) is 31.7. The number of nitrogens with zero attached hydrogens (tertiary/aromatic N) is 1. The second-order valence-corrected chi connectivity index (χ2v) is 8.69. The second-order valence-electron chi connectivity index (χ2n) is 8.69. The van der Waals surface area contributed by atoms with Gasteiger partial charge < -0.3 is 15.6 Å². The highest BCUT2D eigenvalue weighted by molar-refractivity contribution is 6.06. The molecule has 0 radical (unpaired) electrons. The number of halogens is 10. The van der Waals surface area contributed by atoms with Crippen molar-refractivity contribution in [2.45, 2.75) is 0 Å². The van der Waals surface area contributed by atoms with Crippen LogP contribution in [-0.2, 0) is 0 Å². The smallest absolute Gasteiger partial charge is 0.261 e. The minimum atomic E-state index is -2.42. The predicted molar refractivity (Wildman–Crippen MR) is 130 cm³/mol. The lowest BCUT2D eigenvalue weighted by Gasteiger charge is -2.09. The van der Waals surface area contributed by atoms with E-state index in [9.17, 15) is 53.5 Å². The van der Waals surface area contributed by atoms with E-state index in [1.54, 1.807) is 0 Å². The molecule has 220 valence electrons. The topological polar surface area (TPSA) is 86.9 Å². The van der Waals surface area contributed by atoms with Gasteiger partial charge in [-0.3, -0.25) is 9.59 Å². The molecule has 0 fully saturated rings. The highest BCUT2D eigenvalue weighted by Crippen LogP contribution is 2.28. The quantitative estimate of drug-likeness (QED) is 0.112. The fourth-order valence-electron chi connectivity index (χ4n) is 3.93. The number of imidazole rings is 1. The molecule has 5 rings (SSSR count). The number of carbonyl (C=O) groups excluding carboxylic acids is 2. The number of hydrogen-bond acceptors (Lipinski definition) is 3. The summed E-state index contributed by atoms with van der Waals surface area (Å²) in [6.45, 7) is 0. The number of anilines is 2. The van der Waals surface area contributed by atoms with E-state index in [0.29, 0.717) is 11.1 Å². The van der Waals surface area contributed by atoms with Gasteiger partial charge in [-0.2, -0.15) is 0 Å². The maximum absolute atomic E-state index is 14.0. The summed E-state index contributed by atoms with van der Waals surface area (Å²) < 4.78 is 136. The van der Waals surface area contributed by atoms with E-state index in [0.717, 1.165) is 0 Å². The number of H-pyrrole nitrogens is 1. The van der Waals surface area contributed by atoms with Gasteiger partial charge in [-0.25, -0.2) is 48.9 Å². The Morgan fingerprint density at radius 1 is 0.535 bits per heavy atom. The third-order valence-electron chi connectivity index (χ3n) is 6.03. The fourth-order valence-corrected chi connectivity index (χ4v) is 3.93. The van der Waals surface area contributed by atoms with E-state index in [2.05, 4.69) is 9.97 Å². The maximum atomic E-state index is 14.0. The Morgan fingerprint density at radius 3 is 1.40 bits per heavy atom. The molecule has 2 amide bonds. The Bertz CT molecular complexity index is 1920. The molecule has 4 aromatic carbocycles. The van der Waals surface area contributed by atoms with Crippen molar-refractivity contribution in [3.8, 4) is 11.4 Å². The van der Waals surface area contributed by atoms with E-state index >= 15 is 0 Å². The third-order valence-corrected chi connectivity index (χ3v) is 6.03. The van der Waals surface area contributed by atoms with Gasteiger partial charge in [0, 0.05) is 16.9 Å². The molecule has 0 unspecified atom stereocenters. The second kappa shape index (κ2) is 10.8. The Hall–Kier alpha value is -5.41. The van der Waals surface area contributed by atoms with Gasteiger partial charge in [-0.15, -0.1) is 0 Å². The Labute approximate surface area is 232 Å². The number of aromatic amines is 1. The summed E-state index contributed by atoms with van der Waals surface area (Å²) in [7, 11) is 0. The highest BCUT2D eigenvalue weighted by atomic mass is 19.2. The number of hydrogen-bond donors (Lipinski definition) is 3. The van der Waals surface area contributed by atoms with Gasteiger partial charge >= 0.3 is 0 Å². The van der Waals surface area contributed by atoms with E-state index in [1.165, 1.54) is 42.5 Å². The Kier molecular flexibility index (Phi) is 7.29. The molecule has 0 atom stereocenters. The molecule has 1 heterocycles. The average Bonchev–Trinajstić information content (AvgIpc) is 3.41. The molecule has 0 saturated heterocycles. The van der Waals surface area contributed by atoms with Crippen LogP contribution in [0, 0.1) is 58.2 Å². The van der Waals surface area contributed by atoms with Crippen molar-refractivity contribution in [2.24, 2.45) is 0 Å². The van der Waals surface area contributed by atoms with Crippen LogP contribution in [0.3, 0.4) is 0 Å². The first kappa shape index (κ1) is 29.1. The molecule has 3 N–H and O–H groups in total. The molecule has 5 aromatic rings. The lowest BCUT2D eigenvalue weighted by Crippen LogP contribution is -2.19. The van der Waals surface area contributed by atoms with Gasteiger partial charge in [-0.05, 0) is 42.5 Å². The summed E-state index contributed by atoms with van der Waals surface area (Å²) in [6.07, 6.45) is 0. The number of nitrogens with one attached hydrogen (secondary N) is 3. The van der Waals surface area contributed by atoms with E-state index < -0.39 is 81.1 Å². The molecular formula is C27H10F10N4O2. The first-order valence-corrected chi connectivity index (χ1v) is 11.6. The molecule has 0 aliphatic rings. The van der Waals surface area contributed by atoms with E-state index in [1.807, 2.05) is 10.6 Å². The third kappa shape index (κ3) is 5.00. The summed E-state index contributed by atoms with van der Waals surface area (Å²) in [6, 6.07) is 8.99. The number of aromatic nitrogens is 2. The van der Waals surface area contributed by atoms with Crippen molar-refractivity contribution in [1.82, 2.24) is 9.97 Å². The van der Waals surface area contributed by atoms with Gasteiger partial charge in [0.2, 0.25) is 11.6 Å². The van der Waals surface area contributed by atoms with Crippen LogP contribution in [0.1, 0.15) is 20.7 Å². The monoisotopic (exact) mass is 612 g/mol. The fraction of sp³-hybridized carbons (Fsp3) is 0. The summed E-state index contributed by atoms with van der Waals surface area (Å²) in [5.74, 6) is -26.3. The summed E-state index contributed by atoms with van der Waals surface area (Å²) in [5, 5.41) is 4.04. The van der Waals surface area contributed by atoms with E-state index in [4.69, 9.17) is 0 Å². The summed E-state index contributed by atoms with van der Waals surface area (Å²) in [5.41, 5.74) is -2.66. The zero-order valence-electron chi connectivity index (χ0n) is 20.6. The number of amides is 2. The molecule has 0 aliphatic heterocycles. The van der Waals surface area contributed by atoms with Crippen LogP contribution in [0.2, 0.25) is 0 Å². The van der Waals surface area contributed by atoms with Crippen LogP contribution in [-0.4, -0.2) is 21.8 Å². The molecule has 0 aliphatic carbocycles.